The first-order valence-electron chi connectivity index (χ1n) is 6.31. The molecule has 1 amide bonds. The predicted octanol–water partition coefficient (Wildman–Crippen LogP) is 4.68. The molecule has 0 heterocycles. The average Bonchev–Trinajstić information content (AvgIpc) is 2.24. The van der Waals surface area contributed by atoms with Gasteiger partial charge in [-0.25, -0.2) is 9.18 Å². The molecule has 0 saturated heterocycles. The van der Waals surface area contributed by atoms with Crippen LogP contribution in [-0.4, -0.2) is 16.7 Å². The minimum absolute atomic E-state index is 0.00125. The highest BCUT2D eigenvalue weighted by Crippen LogP contribution is 2.31. The molecule has 0 fully saturated rings. The van der Waals surface area contributed by atoms with Gasteiger partial charge in [-0.15, -0.1) is 6.58 Å². The summed E-state index contributed by atoms with van der Waals surface area (Å²) in [6, 6.07) is 4.74. The zero-order valence-electron chi connectivity index (χ0n) is 11.6. The molecule has 0 radical (unpaired) electrons. The van der Waals surface area contributed by atoms with Crippen LogP contribution < -0.4 is 5.32 Å². The first-order chi connectivity index (χ1) is 9.23. The van der Waals surface area contributed by atoms with Crippen LogP contribution in [0.1, 0.15) is 38.2 Å². The van der Waals surface area contributed by atoms with Crippen LogP contribution in [0, 0.1) is 5.82 Å². The SMILES string of the molecule is C=CC[C@@H](CC(C)(C)NC(=O)O)c1cc(F)cc(Br)c1. The molecule has 0 aliphatic carbocycles. The number of benzene rings is 1. The summed E-state index contributed by atoms with van der Waals surface area (Å²) in [5, 5.41) is 11.3. The minimum atomic E-state index is -1.06. The molecule has 20 heavy (non-hydrogen) atoms. The van der Waals surface area contributed by atoms with Crippen LogP contribution in [0.2, 0.25) is 0 Å². The molecule has 1 rings (SSSR count). The molecule has 1 aromatic carbocycles. The van der Waals surface area contributed by atoms with Gasteiger partial charge < -0.3 is 10.4 Å². The Kier molecular flexibility index (Phi) is 5.74. The predicted molar refractivity (Wildman–Crippen MR) is 81.5 cm³/mol. The summed E-state index contributed by atoms with van der Waals surface area (Å²) < 4.78 is 14.2. The van der Waals surface area contributed by atoms with Gasteiger partial charge in [0.15, 0.2) is 0 Å². The standard InChI is InChI=1S/C15H19BrFNO2/c1-4-5-10(9-15(2,3)18-14(19)20)11-6-12(16)8-13(17)7-11/h4,6-8,10,18H,1,5,9H2,2-3H3,(H,19,20)/t10-/m0/s1. The average molecular weight is 344 g/mol. The second kappa shape index (κ2) is 6.88. The van der Waals surface area contributed by atoms with Crippen molar-refractivity contribution in [1.82, 2.24) is 5.32 Å². The van der Waals surface area contributed by atoms with Gasteiger partial charge >= 0.3 is 6.09 Å². The molecule has 3 nitrogen and oxygen atoms in total. The smallest absolute Gasteiger partial charge is 0.405 e. The van der Waals surface area contributed by atoms with Crippen LogP contribution in [0.3, 0.4) is 0 Å². The Morgan fingerprint density at radius 2 is 2.20 bits per heavy atom. The monoisotopic (exact) mass is 343 g/mol. The van der Waals surface area contributed by atoms with Gasteiger partial charge in [-0.05, 0) is 56.4 Å². The summed E-state index contributed by atoms with van der Waals surface area (Å²) >= 11 is 3.28. The van der Waals surface area contributed by atoms with Crippen LogP contribution in [0.5, 0.6) is 0 Å². The highest BCUT2D eigenvalue weighted by Gasteiger charge is 2.25. The van der Waals surface area contributed by atoms with Crippen molar-refractivity contribution >= 4 is 22.0 Å². The molecule has 1 atom stereocenters. The van der Waals surface area contributed by atoms with Gasteiger partial charge in [0.05, 0.1) is 0 Å². The number of nitrogens with one attached hydrogen (secondary N) is 1. The molecule has 0 aromatic heterocycles. The Balaban J connectivity index is 2.99. The van der Waals surface area contributed by atoms with Gasteiger partial charge in [0.2, 0.25) is 0 Å². The Bertz CT molecular complexity index is 482. The lowest BCUT2D eigenvalue weighted by molar-refractivity contribution is 0.179. The van der Waals surface area contributed by atoms with Crippen LogP contribution in [-0.2, 0) is 0 Å². The molecule has 0 spiro atoms. The fraction of sp³-hybridized carbons (Fsp3) is 0.400. The summed E-state index contributed by atoms with van der Waals surface area (Å²) in [4.78, 5) is 10.8. The van der Waals surface area contributed by atoms with Crippen LogP contribution in [0.15, 0.2) is 35.3 Å². The first kappa shape index (κ1) is 16.7. The maximum atomic E-state index is 13.5. The zero-order chi connectivity index (χ0) is 15.3. The van der Waals surface area contributed by atoms with E-state index in [0.717, 1.165) is 5.56 Å². The second-order valence-electron chi connectivity index (χ2n) is 5.44. The van der Waals surface area contributed by atoms with Crippen molar-refractivity contribution < 1.29 is 14.3 Å². The summed E-state index contributed by atoms with van der Waals surface area (Å²) in [6.45, 7) is 7.34. The molecule has 0 aliphatic rings. The van der Waals surface area contributed by atoms with Crippen molar-refractivity contribution in [2.75, 3.05) is 0 Å². The van der Waals surface area contributed by atoms with Crippen molar-refractivity contribution in [2.24, 2.45) is 0 Å². The fourth-order valence-electron chi connectivity index (χ4n) is 2.31. The highest BCUT2D eigenvalue weighted by atomic mass is 79.9. The fourth-order valence-corrected chi connectivity index (χ4v) is 2.79. The topological polar surface area (TPSA) is 49.3 Å². The molecular weight excluding hydrogens is 325 g/mol. The number of hydrogen-bond donors (Lipinski definition) is 2. The lowest BCUT2D eigenvalue weighted by Gasteiger charge is -2.29. The molecule has 110 valence electrons. The summed E-state index contributed by atoms with van der Waals surface area (Å²) in [5.41, 5.74) is 0.232. The van der Waals surface area contributed by atoms with E-state index in [2.05, 4.69) is 27.8 Å². The molecule has 0 saturated carbocycles. The van der Waals surface area contributed by atoms with E-state index < -0.39 is 11.6 Å². The van der Waals surface area contributed by atoms with Crippen molar-refractivity contribution in [3.63, 3.8) is 0 Å². The largest absolute Gasteiger partial charge is 0.465 e. The van der Waals surface area contributed by atoms with Crippen molar-refractivity contribution in [1.29, 1.82) is 0 Å². The highest BCUT2D eigenvalue weighted by molar-refractivity contribution is 9.10. The number of rotatable bonds is 6. The summed E-state index contributed by atoms with van der Waals surface area (Å²) in [6.07, 6.45) is 1.91. The van der Waals surface area contributed by atoms with E-state index in [9.17, 15) is 9.18 Å². The van der Waals surface area contributed by atoms with Crippen LogP contribution in [0.25, 0.3) is 0 Å². The van der Waals surface area contributed by atoms with E-state index in [1.165, 1.54) is 12.1 Å². The Morgan fingerprint density at radius 3 is 2.70 bits per heavy atom. The van der Waals surface area contributed by atoms with Crippen molar-refractivity contribution in [2.45, 2.75) is 38.1 Å². The molecule has 2 N–H and O–H groups in total. The van der Waals surface area contributed by atoms with Gasteiger partial charge in [-0.2, -0.15) is 0 Å². The van der Waals surface area contributed by atoms with E-state index in [1.54, 1.807) is 6.08 Å². The van der Waals surface area contributed by atoms with E-state index in [-0.39, 0.29) is 11.7 Å². The Labute approximate surface area is 127 Å². The normalized spacial score (nSPS) is 12.8. The van der Waals surface area contributed by atoms with E-state index >= 15 is 0 Å². The van der Waals surface area contributed by atoms with Crippen LogP contribution in [0.4, 0.5) is 9.18 Å². The first-order valence-corrected chi connectivity index (χ1v) is 7.11. The number of carboxylic acid groups (broad SMARTS) is 1. The zero-order valence-corrected chi connectivity index (χ0v) is 13.2. The van der Waals surface area contributed by atoms with E-state index in [1.807, 2.05) is 19.9 Å². The third-order valence-corrected chi connectivity index (χ3v) is 3.47. The molecular formula is C15H19BrFNO2. The van der Waals surface area contributed by atoms with Crippen LogP contribution >= 0.6 is 15.9 Å². The van der Waals surface area contributed by atoms with Gasteiger partial charge in [-0.1, -0.05) is 22.0 Å². The number of carbonyl (C=O) groups is 1. The maximum Gasteiger partial charge on any atom is 0.405 e. The number of amides is 1. The number of hydrogen-bond acceptors (Lipinski definition) is 1. The molecule has 5 heteroatoms. The van der Waals surface area contributed by atoms with Gasteiger partial charge in [0.25, 0.3) is 0 Å². The summed E-state index contributed by atoms with van der Waals surface area (Å²) in [5.74, 6) is -0.311. The lowest BCUT2D eigenvalue weighted by Crippen LogP contribution is -2.43. The van der Waals surface area contributed by atoms with Gasteiger partial charge in [-0.3, -0.25) is 0 Å². The van der Waals surface area contributed by atoms with Crippen molar-refractivity contribution in [3.05, 3.63) is 46.7 Å². The molecule has 0 aliphatic heterocycles. The van der Waals surface area contributed by atoms with Gasteiger partial charge in [0.1, 0.15) is 5.82 Å². The molecule has 0 unspecified atom stereocenters. The Hall–Kier alpha value is -1.36. The lowest BCUT2D eigenvalue weighted by atomic mass is 9.84. The van der Waals surface area contributed by atoms with E-state index in [4.69, 9.17) is 5.11 Å². The van der Waals surface area contributed by atoms with Gasteiger partial charge in [0, 0.05) is 10.0 Å². The quantitative estimate of drug-likeness (QED) is 0.736. The Morgan fingerprint density at radius 1 is 1.55 bits per heavy atom. The molecule has 1 aromatic rings. The van der Waals surface area contributed by atoms with E-state index in [0.29, 0.717) is 17.3 Å². The third kappa shape index (κ3) is 5.33. The number of allylic oxidation sites excluding steroid dienone is 1. The maximum absolute atomic E-state index is 13.5. The summed E-state index contributed by atoms with van der Waals surface area (Å²) in [7, 11) is 0. The molecule has 0 bridgehead atoms. The number of halogens is 2. The minimum Gasteiger partial charge on any atom is -0.465 e. The third-order valence-electron chi connectivity index (χ3n) is 3.01. The van der Waals surface area contributed by atoms with Crippen molar-refractivity contribution in [3.8, 4) is 0 Å². The second-order valence-corrected chi connectivity index (χ2v) is 6.36.